The molecule has 0 radical (unpaired) electrons. The molecule has 2 heterocycles. The Kier molecular flexibility index (Phi) is 7.94. The maximum absolute atomic E-state index is 13.2. The van der Waals surface area contributed by atoms with Crippen LogP contribution in [0, 0.1) is 6.92 Å². The van der Waals surface area contributed by atoms with Crippen LogP contribution in [0.15, 0.2) is 30.3 Å². The molecule has 132 valence electrons. The summed E-state index contributed by atoms with van der Waals surface area (Å²) in [7, 11) is 0. The Morgan fingerprint density at radius 3 is 2.75 bits per heavy atom. The highest BCUT2D eigenvalue weighted by Gasteiger charge is 2.27. The predicted molar refractivity (Wildman–Crippen MR) is 104 cm³/mol. The topological polar surface area (TPSA) is 45.2 Å². The maximum atomic E-state index is 13.2. The summed E-state index contributed by atoms with van der Waals surface area (Å²) in [6.07, 6.45) is 2.01. The molecule has 1 unspecified atom stereocenters. The van der Waals surface area contributed by atoms with Crippen molar-refractivity contribution < 1.29 is 4.79 Å². The Morgan fingerprint density at radius 2 is 2.08 bits per heavy atom. The van der Waals surface area contributed by atoms with Crippen molar-refractivity contribution in [3.8, 4) is 0 Å². The number of amides is 1. The molecule has 1 fully saturated rings. The lowest BCUT2D eigenvalue weighted by Crippen LogP contribution is -2.42. The van der Waals surface area contributed by atoms with E-state index in [1.165, 1.54) is 0 Å². The average Bonchev–Trinajstić information content (AvgIpc) is 3.05. The molecular formula is C18H25Cl2N3O. The minimum Gasteiger partial charge on any atom is -0.334 e. The van der Waals surface area contributed by atoms with Crippen LogP contribution in [-0.4, -0.2) is 41.5 Å². The zero-order valence-corrected chi connectivity index (χ0v) is 15.8. The molecule has 1 aromatic carbocycles. The molecule has 0 aliphatic carbocycles. The van der Waals surface area contributed by atoms with Crippen LogP contribution in [0.5, 0.6) is 0 Å². The second-order valence-corrected chi connectivity index (χ2v) is 5.97. The molecule has 1 N–H and O–H groups in total. The van der Waals surface area contributed by atoms with Gasteiger partial charge in [0.15, 0.2) is 0 Å². The third-order valence-corrected chi connectivity index (χ3v) is 4.28. The summed E-state index contributed by atoms with van der Waals surface area (Å²) in [6.45, 7) is 6.77. The number of rotatable bonds is 4. The van der Waals surface area contributed by atoms with E-state index in [4.69, 9.17) is 0 Å². The normalized spacial score (nSPS) is 16.3. The monoisotopic (exact) mass is 369 g/mol. The number of hydrogen-bond donors (Lipinski definition) is 1. The summed E-state index contributed by atoms with van der Waals surface area (Å²) in [5.41, 5.74) is 2.57. The van der Waals surface area contributed by atoms with Crippen LogP contribution in [0.2, 0.25) is 0 Å². The van der Waals surface area contributed by atoms with Crippen LogP contribution >= 0.6 is 24.8 Å². The number of pyridine rings is 1. The van der Waals surface area contributed by atoms with Crippen LogP contribution in [0.25, 0.3) is 10.9 Å². The van der Waals surface area contributed by atoms with Gasteiger partial charge in [-0.25, -0.2) is 0 Å². The summed E-state index contributed by atoms with van der Waals surface area (Å²) < 4.78 is 0. The third kappa shape index (κ3) is 4.18. The van der Waals surface area contributed by atoms with Crippen LogP contribution in [0.1, 0.15) is 35.8 Å². The number of nitrogens with zero attached hydrogens (tertiary/aromatic N) is 2. The SMILES string of the molecule is CCCN(C(=O)c1cc(C)nc2ccccc12)C1CCNC1.Cl.Cl. The highest BCUT2D eigenvalue weighted by molar-refractivity contribution is 6.06. The minimum atomic E-state index is 0. The Labute approximate surface area is 155 Å². The van der Waals surface area contributed by atoms with Gasteiger partial charge in [-0.2, -0.15) is 0 Å². The van der Waals surface area contributed by atoms with Gasteiger partial charge in [0, 0.05) is 30.2 Å². The molecule has 0 spiro atoms. The van der Waals surface area contributed by atoms with E-state index in [-0.39, 0.29) is 30.7 Å². The molecule has 6 heteroatoms. The second kappa shape index (κ2) is 9.21. The lowest BCUT2D eigenvalue weighted by atomic mass is 10.0. The van der Waals surface area contributed by atoms with E-state index in [0.29, 0.717) is 6.04 Å². The van der Waals surface area contributed by atoms with E-state index in [2.05, 4.69) is 17.2 Å². The van der Waals surface area contributed by atoms with Crippen LogP contribution in [0.4, 0.5) is 0 Å². The van der Waals surface area contributed by atoms with Gasteiger partial charge in [0.1, 0.15) is 0 Å². The fourth-order valence-corrected chi connectivity index (χ4v) is 3.24. The van der Waals surface area contributed by atoms with Crippen molar-refractivity contribution in [2.45, 2.75) is 32.7 Å². The highest BCUT2D eigenvalue weighted by Crippen LogP contribution is 2.22. The highest BCUT2D eigenvalue weighted by atomic mass is 35.5. The van der Waals surface area contributed by atoms with Gasteiger partial charge in [0.25, 0.3) is 5.91 Å². The molecule has 4 nitrogen and oxygen atoms in total. The summed E-state index contributed by atoms with van der Waals surface area (Å²) in [4.78, 5) is 19.7. The molecule has 1 atom stereocenters. The first kappa shape index (κ1) is 20.7. The molecule has 0 saturated carbocycles. The Bertz CT molecular complexity index is 687. The number of benzene rings is 1. The molecule has 1 aromatic heterocycles. The molecule has 1 aliphatic heterocycles. The van der Waals surface area contributed by atoms with Crippen LogP contribution in [0.3, 0.4) is 0 Å². The van der Waals surface area contributed by atoms with E-state index in [9.17, 15) is 4.79 Å². The number of para-hydroxylation sites is 1. The van der Waals surface area contributed by atoms with Crippen LogP contribution in [-0.2, 0) is 0 Å². The number of nitrogens with one attached hydrogen (secondary N) is 1. The largest absolute Gasteiger partial charge is 0.334 e. The van der Waals surface area contributed by atoms with Gasteiger partial charge in [0.05, 0.1) is 11.1 Å². The first-order valence-electron chi connectivity index (χ1n) is 8.08. The lowest BCUT2D eigenvalue weighted by Gasteiger charge is -2.28. The van der Waals surface area contributed by atoms with Gasteiger partial charge in [-0.15, -0.1) is 24.8 Å². The van der Waals surface area contributed by atoms with Gasteiger partial charge >= 0.3 is 0 Å². The van der Waals surface area contributed by atoms with Crippen molar-refractivity contribution >= 4 is 41.6 Å². The molecule has 1 amide bonds. The Morgan fingerprint density at radius 1 is 1.33 bits per heavy atom. The standard InChI is InChI=1S/C18H23N3O.2ClH/c1-3-10-21(14-8-9-19-12-14)18(22)16-11-13(2)20-17-7-5-4-6-15(16)17;;/h4-7,11,14,19H,3,8-10,12H2,1-2H3;2*1H. The van der Waals surface area contributed by atoms with Crippen molar-refractivity contribution in [3.05, 3.63) is 41.6 Å². The molecule has 24 heavy (non-hydrogen) atoms. The first-order chi connectivity index (χ1) is 10.7. The number of aromatic nitrogens is 1. The van der Waals surface area contributed by atoms with Crippen molar-refractivity contribution in [2.24, 2.45) is 0 Å². The predicted octanol–water partition coefficient (Wildman–Crippen LogP) is 3.60. The number of carbonyl (C=O) groups is 1. The zero-order valence-electron chi connectivity index (χ0n) is 14.1. The second-order valence-electron chi connectivity index (χ2n) is 5.97. The summed E-state index contributed by atoms with van der Waals surface area (Å²) in [5.74, 6) is 0.136. The van der Waals surface area contributed by atoms with E-state index in [0.717, 1.165) is 54.6 Å². The van der Waals surface area contributed by atoms with E-state index >= 15 is 0 Å². The molecule has 3 rings (SSSR count). The van der Waals surface area contributed by atoms with Crippen molar-refractivity contribution in [2.75, 3.05) is 19.6 Å². The zero-order chi connectivity index (χ0) is 15.5. The molecular weight excluding hydrogens is 345 g/mol. The fraction of sp³-hybridized carbons (Fsp3) is 0.444. The van der Waals surface area contributed by atoms with Gasteiger partial charge < -0.3 is 10.2 Å². The number of aryl methyl sites for hydroxylation is 1. The summed E-state index contributed by atoms with van der Waals surface area (Å²) in [6, 6.07) is 10.1. The van der Waals surface area contributed by atoms with Gasteiger partial charge in [0.2, 0.25) is 0 Å². The Balaban J connectivity index is 0.00000144. The van der Waals surface area contributed by atoms with Crippen molar-refractivity contribution in [1.29, 1.82) is 0 Å². The summed E-state index contributed by atoms with van der Waals surface area (Å²) in [5, 5.41) is 4.31. The molecule has 1 saturated heterocycles. The molecule has 2 aromatic rings. The summed E-state index contributed by atoms with van der Waals surface area (Å²) >= 11 is 0. The van der Waals surface area contributed by atoms with Crippen molar-refractivity contribution in [3.63, 3.8) is 0 Å². The van der Waals surface area contributed by atoms with Gasteiger partial charge in [-0.1, -0.05) is 25.1 Å². The number of halogens is 2. The van der Waals surface area contributed by atoms with Crippen LogP contribution < -0.4 is 5.32 Å². The lowest BCUT2D eigenvalue weighted by molar-refractivity contribution is 0.0694. The van der Waals surface area contributed by atoms with Gasteiger partial charge in [-0.3, -0.25) is 9.78 Å². The number of hydrogen-bond acceptors (Lipinski definition) is 3. The minimum absolute atomic E-state index is 0. The van der Waals surface area contributed by atoms with Crippen molar-refractivity contribution in [1.82, 2.24) is 15.2 Å². The third-order valence-electron chi connectivity index (χ3n) is 4.28. The number of carbonyl (C=O) groups excluding carboxylic acids is 1. The fourth-order valence-electron chi connectivity index (χ4n) is 3.24. The molecule has 0 bridgehead atoms. The molecule has 1 aliphatic rings. The Hall–Kier alpha value is -1.36. The quantitative estimate of drug-likeness (QED) is 0.895. The van der Waals surface area contributed by atoms with E-state index < -0.39 is 0 Å². The number of fused-ring (bicyclic) bond motifs is 1. The first-order valence-corrected chi connectivity index (χ1v) is 8.08. The maximum Gasteiger partial charge on any atom is 0.254 e. The van der Waals surface area contributed by atoms with E-state index in [1.807, 2.05) is 42.2 Å². The van der Waals surface area contributed by atoms with E-state index in [1.54, 1.807) is 0 Å². The average molecular weight is 370 g/mol. The van der Waals surface area contributed by atoms with Gasteiger partial charge in [-0.05, 0) is 38.4 Å². The smallest absolute Gasteiger partial charge is 0.254 e.